The Morgan fingerprint density at radius 3 is 3.04 bits per heavy atom. The highest BCUT2D eigenvalue weighted by Gasteiger charge is 2.21. The molecule has 1 amide bonds. The van der Waals surface area contributed by atoms with E-state index in [9.17, 15) is 14.9 Å². The van der Waals surface area contributed by atoms with Crippen LogP contribution in [-0.4, -0.2) is 17.6 Å². The number of hydrogen-bond acceptors (Lipinski definition) is 6. The van der Waals surface area contributed by atoms with Gasteiger partial charge in [-0.1, -0.05) is 6.07 Å². The Morgan fingerprint density at radius 2 is 2.30 bits per heavy atom. The van der Waals surface area contributed by atoms with Crippen LogP contribution >= 0.6 is 11.3 Å². The van der Waals surface area contributed by atoms with Gasteiger partial charge in [-0.2, -0.15) is 0 Å². The first-order valence-corrected chi connectivity index (χ1v) is 7.81. The molecule has 1 aliphatic heterocycles. The summed E-state index contributed by atoms with van der Waals surface area (Å²) in [5.74, 6) is 0.415. The molecule has 0 fully saturated rings. The molecule has 0 unspecified atom stereocenters. The van der Waals surface area contributed by atoms with Gasteiger partial charge >= 0.3 is 0 Å². The molecule has 0 atom stereocenters. The molecule has 1 aromatic carbocycles. The molecule has 0 spiro atoms. The third-order valence-corrected chi connectivity index (χ3v) is 4.25. The fraction of sp³-hybridized carbons (Fsp3) is 0.267. The first-order valence-electron chi connectivity index (χ1n) is 6.93. The molecular formula is C15H14N2O5S. The molecule has 2 aromatic rings. The molecule has 0 bridgehead atoms. The van der Waals surface area contributed by atoms with E-state index in [1.165, 1.54) is 23.5 Å². The number of carbonyl (C=O) groups is 1. The van der Waals surface area contributed by atoms with E-state index in [2.05, 4.69) is 5.32 Å². The zero-order chi connectivity index (χ0) is 16.2. The molecule has 1 aromatic heterocycles. The van der Waals surface area contributed by atoms with Crippen LogP contribution in [0.1, 0.15) is 16.0 Å². The minimum Gasteiger partial charge on any atom is -0.467 e. The van der Waals surface area contributed by atoms with Crippen molar-refractivity contribution in [3.8, 4) is 5.75 Å². The number of ether oxygens (including phenoxy) is 2. The summed E-state index contributed by atoms with van der Waals surface area (Å²) in [6, 6.07) is 6.64. The van der Waals surface area contributed by atoms with Gasteiger partial charge in [0.05, 0.1) is 18.0 Å². The Kier molecular flexibility index (Phi) is 4.54. The molecular weight excluding hydrogens is 320 g/mol. The van der Waals surface area contributed by atoms with Gasteiger partial charge in [-0.15, -0.1) is 11.3 Å². The van der Waals surface area contributed by atoms with Gasteiger partial charge in [-0.25, -0.2) is 0 Å². The fourth-order valence-electron chi connectivity index (χ4n) is 2.35. The lowest BCUT2D eigenvalue weighted by Gasteiger charge is -2.20. The Bertz CT molecular complexity index is 730. The summed E-state index contributed by atoms with van der Waals surface area (Å²) in [5.41, 5.74) is 1.16. The minimum absolute atomic E-state index is 0.0413. The van der Waals surface area contributed by atoms with Crippen LogP contribution in [0.4, 0.5) is 5.69 Å². The Morgan fingerprint density at radius 1 is 1.43 bits per heavy atom. The van der Waals surface area contributed by atoms with Gasteiger partial charge in [0.25, 0.3) is 5.69 Å². The third-order valence-electron chi connectivity index (χ3n) is 3.37. The van der Waals surface area contributed by atoms with Gasteiger partial charge in [0, 0.05) is 34.7 Å². The molecule has 120 valence electrons. The standard InChI is InChI=1S/C15H14N2O5S/c18-14(6-13-2-1-3-23-13)16-7-10-4-12(17(19)20)5-11-8-21-9-22-15(10)11/h1-5H,6-9H2,(H,16,18). The molecule has 8 heteroatoms. The first kappa shape index (κ1) is 15.4. The molecule has 2 heterocycles. The number of fused-ring (bicyclic) bond motifs is 1. The second-order valence-electron chi connectivity index (χ2n) is 4.99. The number of amides is 1. The summed E-state index contributed by atoms with van der Waals surface area (Å²) in [6.45, 7) is 0.530. The number of nitrogens with zero attached hydrogens (tertiary/aromatic N) is 1. The number of nitro benzene ring substituents is 1. The maximum absolute atomic E-state index is 12.0. The molecule has 0 saturated heterocycles. The van der Waals surface area contributed by atoms with Crippen molar-refractivity contribution < 1.29 is 19.2 Å². The number of carbonyl (C=O) groups excluding carboxylic acids is 1. The number of hydrogen-bond donors (Lipinski definition) is 1. The number of non-ortho nitro benzene ring substituents is 1. The summed E-state index contributed by atoms with van der Waals surface area (Å²) >= 11 is 1.51. The van der Waals surface area contributed by atoms with Gasteiger partial charge in [0.1, 0.15) is 5.75 Å². The second-order valence-corrected chi connectivity index (χ2v) is 6.03. The third kappa shape index (κ3) is 3.66. The van der Waals surface area contributed by atoms with Crippen molar-refractivity contribution in [3.05, 3.63) is 55.8 Å². The van der Waals surface area contributed by atoms with Crippen LogP contribution in [0, 0.1) is 10.1 Å². The number of benzene rings is 1. The van der Waals surface area contributed by atoms with Gasteiger partial charge in [0.2, 0.25) is 5.91 Å². The van der Waals surface area contributed by atoms with Crippen molar-refractivity contribution in [2.75, 3.05) is 6.79 Å². The van der Waals surface area contributed by atoms with Crippen molar-refractivity contribution in [1.29, 1.82) is 0 Å². The maximum atomic E-state index is 12.0. The molecule has 0 saturated carbocycles. The highest BCUT2D eigenvalue weighted by Crippen LogP contribution is 2.32. The van der Waals surface area contributed by atoms with E-state index >= 15 is 0 Å². The quantitative estimate of drug-likeness (QED) is 0.669. The second kappa shape index (κ2) is 6.76. The smallest absolute Gasteiger partial charge is 0.270 e. The summed E-state index contributed by atoms with van der Waals surface area (Å²) in [6.07, 6.45) is 0.290. The zero-order valence-electron chi connectivity index (χ0n) is 12.1. The summed E-state index contributed by atoms with van der Waals surface area (Å²) in [7, 11) is 0. The molecule has 1 N–H and O–H groups in total. The van der Waals surface area contributed by atoms with Gasteiger partial charge in [-0.3, -0.25) is 14.9 Å². The van der Waals surface area contributed by atoms with E-state index in [0.717, 1.165) is 4.88 Å². The van der Waals surface area contributed by atoms with E-state index in [1.807, 2.05) is 17.5 Å². The molecule has 23 heavy (non-hydrogen) atoms. The van der Waals surface area contributed by atoms with Crippen molar-refractivity contribution in [1.82, 2.24) is 5.32 Å². The molecule has 1 aliphatic rings. The van der Waals surface area contributed by atoms with Crippen LogP contribution < -0.4 is 10.1 Å². The number of thiophene rings is 1. The number of nitrogens with one attached hydrogen (secondary N) is 1. The first-order chi connectivity index (χ1) is 11.1. The molecule has 7 nitrogen and oxygen atoms in total. The van der Waals surface area contributed by atoms with Crippen LogP contribution in [-0.2, 0) is 29.1 Å². The average Bonchev–Trinajstić information content (AvgIpc) is 3.05. The molecule has 0 aliphatic carbocycles. The highest BCUT2D eigenvalue weighted by molar-refractivity contribution is 7.10. The number of nitro groups is 1. The summed E-state index contributed by atoms with van der Waals surface area (Å²) in [5, 5.41) is 15.7. The van der Waals surface area contributed by atoms with Crippen molar-refractivity contribution in [2.45, 2.75) is 19.6 Å². The van der Waals surface area contributed by atoms with Crippen molar-refractivity contribution in [2.24, 2.45) is 0 Å². The maximum Gasteiger partial charge on any atom is 0.270 e. The van der Waals surface area contributed by atoms with Gasteiger partial charge in [-0.05, 0) is 11.4 Å². The monoisotopic (exact) mass is 334 g/mol. The van der Waals surface area contributed by atoms with E-state index in [-0.39, 0.29) is 31.5 Å². The van der Waals surface area contributed by atoms with Crippen molar-refractivity contribution >= 4 is 22.9 Å². The lowest BCUT2D eigenvalue weighted by atomic mass is 10.1. The SMILES string of the molecule is O=C(Cc1cccs1)NCc1cc([N+](=O)[O-])cc2c1OCOC2. The lowest BCUT2D eigenvalue weighted by molar-refractivity contribution is -0.385. The van der Waals surface area contributed by atoms with E-state index < -0.39 is 4.92 Å². The van der Waals surface area contributed by atoms with Crippen LogP contribution in [0.5, 0.6) is 5.75 Å². The molecule has 3 rings (SSSR count). The van der Waals surface area contributed by atoms with Crippen LogP contribution in [0.2, 0.25) is 0 Å². The summed E-state index contributed by atoms with van der Waals surface area (Å²) < 4.78 is 10.6. The Balaban J connectivity index is 1.74. The average molecular weight is 334 g/mol. The van der Waals surface area contributed by atoms with Gasteiger partial charge < -0.3 is 14.8 Å². The predicted molar refractivity (Wildman–Crippen MR) is 83.3 cm³/mol. The van der Waals surface area contributed by atoms with E-state index in [4.69, 9.17) is 9.47 Å². The zero-order valence-corrected chi connectivity index (χ0v) is 12.9. The Labute approximate surface area is 136 Å². The topological polar surface area (TPSA) is 90.7 Å². The summed E-state index contributed by atoms with van der Waals surface area (Å²) in [4.78, 5) is 23.5. The minimum atomic E-state index is -0.466. The fourth-order valence-corrected chi connectivity index (χ4v) is 3.05. The normalized spacial score (nSPS) is 13.0. The van der Waals surface area contributed by atoms with Crippen LogP contribution in [0.3, 0.4) is 0 Å². The van der Waals surface area contributed by atoms with Gasteiger partial charge in [0.15, 0.2) is 6.79 Å². The largest absolute Gasteiger partial charge is 0.467 e. The van der Waals surface area contributed by atoms with Crippen molar-refractivity contribution in [3.63, 3.8) is 0 Å². The highest BCUT2D eigenvalue weighted by atomic mass is 32.1. The predicted octanol–water partition coefficient (Wildman–Crippen LogP) is 2.38. The van der Waals surface area contributed by atoms with Crippen LogP contribution in [0.15, 0.2) is 29.6 Å². The lowest BCUT2D eigenvalue weighted by Crippen LogP contribution is -2.25. The van der Waals surface area contributed by atoms with E-state index in [0.29, 0.717) is 23.3 Å². The number of rotatable bonds is 5. The molecule has 0 radical (unpaired) electrons. The van der Waals surface area contributed by atoms with E-state index in [1.54, 1.807) is 0 Å². The van der Waals surface area contributed by atoms with Crippen LogP contribution in [0.25, 0.3) is 0 Å². The Hall–Kier alpha value is -2.45.